The van der Waals surface area contributed by atoms with Crippen LogP contribution in [-0.4, -0.2) is 11.9 Å². The van der Waals surface area contributed by atoms with E-state index in [0.717, 1.165) is 33.4 Å². The first-order chi connectivity index (χ1) is 22.4. The molecule has 0 spiro atoms. The summed E-state index contributed by atoms with van der Waals surface area (Å²) in [5.74, 6) is -0.135. The van der Waals surface area contributed by atoms with Crippen LogP contribution in [0, 0.1) is 5.92 Å². The Morgan fingerprint density at radius 2 is 1.28 bits per heavy atom. The highest BCUT2D eigenvalue weighted by molar-refractivity contribution is 5.80. The molecular weight excluding hydrogens is 556 g/mol. The van der Waals surface area contributed by atoms with Gasteiger partial charge in [-0.1, -0.05) is 186 Å². The van der Waals surface area contributed by atoms with Crippen molar-refractivity contribution in [1.29, 1.82) is 0 Å². The highest BCUT2D eigenvalue weighted by Gasteiger charge is 2.38. The first-order valence-electron chi connectivity index (χ1n) is 17.4. The second-order valence-electron chi connectivity index (χ2n) is 8.99. The molecule has 2 atom stereocenters. The average molecular weight is 627 g/mol. The minimum atomic E-state index is -0.554. The van der Waals surface area contributed by atoms with Crippen molar-refractivity contribution in [2.75, 3.05) is 0 Å². The van der Waals surface area contributed by atoms with Crippen LogP contribution in [-0.2, 0) is 0 Å². The van der Waals surface area contributed by atoms with E-state index < -0.39 is 5.54 Å². The zero-order valence-corrected chi connectivity index (χ0v) is 32.2. The lowest BCUT2D eigenvalue weighted by Crippen LogP contribution is -2.37. The molecule has 1 aromatic rings. The summed E-state index contributed by atoms with van der Waals surface area (Å²) in [6.45, 7) is 40.9. The van der Waals surface area contributed by atoms with Crippen LogP contribution in [0.4, 0.5) is 0 Å². The van der Waals surface area contributed by atoms with E-state index >= 15 is 0 Å². The number of hydrogen-bond donors (Lipinski definition) is 1. The number of allylic oxidation sites excluding steroid dienone is 13. The van der Waals surface area contributed by atoms with Crippen molar-refractivity contribution in [1.82, 2.24) is 5.32 Å². The Morgan fingerprint density at radius 3 is 1.67 bits per heavy atom. The molecule has 2 heteroatoms. The fourth-order valence-corrected chi connectivity index (χ4v) is 4.45. The summed E-state index contributed by atoms with van der Waals surface area (Å²) in [6.07, 6.45) is 27.5. The van der Waals surface area contributed by atoms with Crippen molar-refractivity contribution in [2.24, 2.45) is 10.9 Å². The van der Waals surface area contributed by atoms with Gasteiger partial charge in [0.05, 0.1) is 11.9 Å². The summed E-state index contributed by atoms with van der Waals surface area (Å²) >= 11 is 0. The van der Waals surface area contributed by atoms with Crippen LogP contribution in [0.1, 0.15) is 109 Å². The van der Waals surface area contributed by atoms with E-state index in [1.54, 1.807) is 6.34 Å². The molecule has 0 bridgehead atoms. The molecule has 2 rings (SSSR count). The van der Waals surface area contributed by atoms with Crippen LogP contribution in [0.15, 0.2) is 150 Å². The van der Waals surface area contributed by atoms with Gasteiger partial charge in [0.2, 0.25) is 0 Å². The van der Waals surface area contributed by atoms with E-state index in [1.165, 1.54) is 6.42 Å². The molecule has 46 heavy (non-hydrogen) atoms. The highest BCUT2D eigenvalue weighted by atomic mass is 15.0. The fourth-order valence-electron chi connectivity index (χ4n) is 4.45. The van der Waals surface area contributed by atoms with Gasteiger partial charge < -0.3 is 5.32 Å². The standard InChI is InChI=1S/C33H38N2.C3H8.4C2H6/c1-8-17-26(18-9-2)28(12-5)30(19-10-3)32(33(7)23-24-34-25-35-33)31(20-11-4)29(13-6)27-21-15-14-16-22-27;1-3-2;4*1-2/h8-25,32H,1,5-6H2,2-4,7H3,(H,34,35);3H2,1-2H3;4*1-2H3/b18-9-,19-10-,20-11-,26-17+,30-28-,31-29-;;;;;. The Labute approximate surface area is 287 Å². The maximum absolute atomic E-state index is 4.96. The average Bonchev–Trinajstić information content (AvgIpc) is 3.10. The molecule has 0 saturated heterocycles. The largest absolute Gasteiger partial charge is 0.353 e. The van der Waals surface area contributed by atoms with Crippen LogP contribution in [0.5, 0.6) is 0 Å². The zero-order chi connectivity index (χ0) is 36.4. The van der Waals surface area contributed by atoms with Crippen molar-refractivity contribution >= 4 is 11.9 Å². The Bertz CT molecular complexity index is 1150. The van der Waals surface area contributed by atoms with Crippen LogP contribution < -0.4 is 5.32 Å². The Hall–Kier alpha value is -3.91. The Morgan fingerprint density at radius 1 is 0.783 bits per heavy atom. The predicted molar refractivity (Wildman–Crippen MR) is 218 cm³/mol. The predicted octanol–water partition coefficient (Wildman–Crippen LogP) is 14.0. The van der Waals surface area contributed by atoms with Crippen LogP contribution in [0.2, 0.25) is 0 Å². The van der Waals surface area contributed by atoms with Crippen LogP contribution >= 0.6 is 0 Å². The van der Waals surface area contributed by atoms with E-state index in [1.807, 2.05) is 119 Å². The molecule has 1 aliphatic rings. The van der Waals surface area contributed by atoms with Crippen molar-refractivity contribution in [3.05, 3.63) is 151 Å². The van der Waals surface area contributed by atoms with E-state index in [9.17, 15) is 0 Å². The molecule has 2 nitrogen and oxygen atoms in total. The summed E-state index contributed by atoms with van der Waals surface area (Å²) < 4.78 is 0. The minimum Gasteiger partial charge on any atom is -0.353 e. The molecule has 0 fully saturated rings. The molecule has 1 aliphatic heterocycles. The van der Waals surface area contributed by atoms with Gasteiger partial charge in [-0.25, -0.2) is 0 Å². The lowest BCUT2D eigenvalue weighted by Gasteiger charge is -2.37. The first kappa shape index (κ1) is 49.0. The van der Waals surface area contributed by atoms with Crippen molar-refractivity contribution in [2.45, 2.75) is 109 Å². The van der Waals surface area contributed by atoms with Crippen molar-refractivity contribution in [3.8, 4) is 0 Å². The van der Waals surface area contributed by atoms with E-state index in [0.29, 0.717) is 0 Å². The summed E-state index contributed by atoms with van der Waals surface area (Å²) in [5.41, 5.74) is 5.95. The quantitative estimate of drug-likeness (QED) is 0.243. The molecule has 1 heterocycles. The molecule has 0 radical (unpaired) electrons. The van der Waals surface area contributed by atoms with Crippen LogP contribution in [0.3, 0.4) is 0 Å². The van der Waals surface area contributed by atoms with Gasteiger partial charge in [0.15, 0.2) is 0 Å². The summed E-state index contributed by atoms with van der Waals surface area (Å²) in [5, 5.41) is 3.10. The van der Waals surface area contributed by atoms with Gasteiger partial charge in [0.25, 0.3) is 0 Å². The van der Waals surface area contributed by atoms with Gasteiger partial charge in [-0.15, -0.1) is 0 Å². The van der Waals surface area contributed by atoms with Gasteiger partial charge in [-0.3, -0.25) is 4.99 Å². The smallest absolute Gasteiger partial charge is 0.0902 e. The Balaban J connectivity index is -0.000000716. The molecule has 256 valence electrons. The second kappa shape index (κ2) is 34.0. The lowest BCUT2D eigenvalue weighted by atomic mass is 9.70. The summed E-state index contributed by atoms with van der Waals surface area (Å²) in [6, 6.07) is 10.4. The van der Waals surface area contributed by atoms with Gasteiger partial charge in [-0.2, -0.15) is 0 Å². The number of hydrogen-bond acceptors (Lipinski definition) is 2. The number of nitrogens with one attached hydrogen (secondary N) is 1. The molecule has 1 N–H and O–H groups in total. The molecule has 0 aromatic heterocycles. The molecule has 0 aliphatic carbocycles. The number of aliphatic imine (C=N–C) groups is 1. The third kappa shape index (κ3) is 17.0. The summed E-state index contributed by atoms with van der Waals surface area (Å²) in [7, 11) is 0. The monoisotopic (exact) mass is 627 g/mol. The minimum absolute atomic E-state index is 0.135. The number of benzene rings is 1. The molecule has 0 amide bonds. The first-order valence-corrected chi connectivity index (χ1v) is 17.4. The second-order valence-corrected chi connectivity index (χ2v) is 8.99. The maximum Gasteiger partial charge on any atom is 0.0902 e. The zero-order valence-electron chi connectivity index (χ0n) is 32.2. The van der Waals surface area contributed by atoms with Crippen molar-refractivity contribution in [3.63, 3.8) is 0 Å². The molecule has 1 aromatic carbocycles. The number of rotatable bonds is 11. The normalized spacial score (nSPS) is 16.5. The van der Waals surface area contributed by atoms with E-state index in [-0.39, 0.29) is 5.92 Å². The topological polar surface area (TPSA) is 24.4 Å². The fraction of sp³-hybridized carbons (Fsp3) is 0.386. The van der Waals surface area contributed by atoms with Crippen LogP contribution in [0.25, 0.3) is 5.57 Å². The summed E-state index contributed by atoms with van der Waals surface area (Å²) in [4.78, 5) is 4.96. The third-order valence-electron chi connectivity index (χ3n) is 5.90. The molecular formula is C44H70N2. The van der Waals surface area contributed by atoms with E-state index in [2.05, 4.69) is 107 Å². The number of nitrogens with zero attached hydrogens (tertiary/aromatic N) is 1. The van der Waals surface area contributed by atoms with Gasteiger partial charge in [0, 0.05) is 12.1 Å². The van der Waals surface area contributed by atoms with E-state index in [4.69, 9.17) is 4.99 Å². The molecule has 2 unspecified atom stereocenters. The SMILES string of the molecule is C=C/C=C(\C=C/C)C(/C=C)=C(/C=C\C)C(C(/C=C\C)=C(/C=C)c1ccccc1)C1(C)C=CNC=N1.CC.CC.CC.CC.CCC. The van der Waals surface area contributed by atoms with Gasteiger partial charge in [-0.05, 0) is 67.2 Å². The van der Waals surface area contributed by atoms with Gasteiger partial charge in [0.1, 0.15) is 0 Å². The Kier molecular flexibility index (Phi) is 36.2. The highest BCUT2D eigenvalue weighted by Crippen LogP contribution is 2.43. The lowest BCUT2D eigenvalue weighted by molar-refractivity contribution is 0.470. The molecule has 0 saturated carbocycles. The van der Waals surface area contributed by atoms with Gasteiger partial charge >= 0.3 is 0 Å². The van der Waals surface area contributed by atoms with Crippen molar-refractivity contribution < 1.29 is 0 Å². The maximum atomic E-state index is 4.96. The third-order valence-corrected chi connectivity index (χ3v) is 5.90.